The number of nitriles is 1. The van der Waals surface area contributed by atoms with Crippen molar-refractivity contribution < 1.29 is 0 Å². The second-order valence-corrected chi connectivity index (χ2v) is 4.16. The third kappa shape index (κ3) is 2.83. The molecule has 4 nitrogen and oxygen atoms in total. The van der Waals surface area contributed by atoms with Gasteiger partial charge in [0.2, 0.25) is 0 Å². The van der Waals surface area contributed by atoms with Crippen molar-refractivity contribution in [2.75, 3.05) is 5.32 Å². The molecule has 0 atom stereocenters. The second kappa shape index (κ2) is 5.28. The minimum Gasteiger partial charge on any atom is -0.378 e. The Kier molecular flexibility index (Phi) is 3.54. The van der Waals surface area contributed by atoms with Crippen molar-refractivity contribution in [1.82, 2.24) is 9.97 Å². The molecule has 0 amide bonds. The predicted molar refractivity (Wildman–Crippen MR) is 70.0 cm³/mol. The molecule has 1 aromatic heterocycles. The average Bonchev–Trinajstić information content (AvgIpc) is 2.39. The molecule has 2 rings (SSSR count). The van der Waals surface area contributed by atoms with E-state index in [1.807, 2.05) is 32.0 Å². The van der Waals surface area contributed by atoms with Gasteiger partial charge in [0.25, 0.3) is 0 Å². The minimum absolute atomic E-state index is 0.561. The van der Waals surface area contributed by atoms with Gasteiger partial charge in [0.15, 0.2) is 0 Å². The van der Waals surface area contributed by atoms with Crippen molar-refractivity contribution in [3.63, 3.8) is 0 Å². The Morgan fingerprint density at radius 3 is 2.72 bits per heavy atom. The number of aromatic nitrogens is 2. The molecule has 2 aromatic rings. The van der Waals surface area contributed by atoms with Crippen LogP contribution in [0.15, 0.2) is 30.6 Å². The van der Waals surface area contributed by atoms with Crippen LogP contribution in [-0.4, -0.2) is 9.97 Å². The Balaban J connectivity index is 2.11. The second-order valence-electron chi connectivity index (χ2n) is 4.16. The van der Waals surface area contributed by atoms with Gasteiger partial charge < -0.3 is 5.32 Å². The summed E-state index contributed by atoms with van der Waals surface area (Å²) < 4.78 is 0. The van der Waals surface area contributed by atoms with Crippen molar-refractivity contribution in [3.8, 4) is 6.07 Å². The van der Waals surface area contributed by atoms with Gasteiger partial charge in [-0.2, -0.15) is 5.26 Å². The molecular weight excluding hydrogens is 224 g/mol. The highest BCUT2D eigenvalue weighted by Crippen LogP contribution is 2.16. The Morgan fingerprint density at radius 1 is 1.22 bits per heavy atom. The number of hydrogen-bond donors (Lipinski definition) is 1. The lowest BCUT2D eigenvalue weighted by Crippen LogP contribution is -2.04. The first-order chi connectivity index (χ1) is 8.69. The van der Waals surface area contributed by atoms with Gasteiger partial charge in [-0.3, -0.25) is 9.97 Å². The Hall–Kier alpha value is -2.41. The molecule has 0 spiro atoms. The monoisotopic (exact) mass is 238 g/mol. The van der Waals surface area contributed by atoms with E-state index in [1.165, 1.54) is 0 Å². The summed E-state index contributed by atoms with van der Waals surface area (Å²) in [4.78, 5) is 8.44. The molecule has 0 bridgehead atoms. The average molecular weight is 238 g/mol. The largest absolute Gasteiger partial charge is 0.378 e. The van der Waals surface area contributed by atoms with Gasteiger partial charge in [-0.25, -0.2) is 0 Å². The summed E-state index contributed by atoms with van der Waals surface area (Å²) in [5.74, 6) is 0. The highest BCUT2D eigenvalue weighted by molar-refractivity contribution is 5.58. The molecule has 1 aromatic carbocycles. The first kappa shape index (κ1) is 12.1. The van der Waals surface area contributed by atoms with Crippen molar-refractivity contribution in [2.45, 2.75) is 20.4 Å². The zero-order chi connectivity index (χ0) is 13.0. The van der Waals surface area contributed by atoms with Crippen LogP contribution < -0.4 is 5.32 Å². The summed E-state index contributed by atoms with van der Waals surface area (Å²) in [5, 5.41) is 12.3. The molecule has 1 heterocycles. The Bertz CT molecular complexity index is 582. The van der Waals surface area contributed by atoms with E-state index >= 15 is 0 Å². The zero-order valence-electron chi connectivity index (χ0n) is 10.4. The molecule has 0 saturated carbocycles. The third-order valence-electron chi connectivity index (χ3n) is 2.59. The summed E-state index contributed by atoms with van der Waals surface area (Å²) in [6.45, 7) is 4.43. The van der Waals surface area contributed by atoms with E-state index < -0.39 is 0 Å². The minimum atomic E-state index is 0.561. The Morgan fingerprint density at radius 2 is 2.06 bits per heavy atom. The molecular formula is C14H14N4. The number of aryl methyl sites for hydroxylation is 2. The quantitative estimate of drug-likeness (QED) is 0.892. The SMILES string of the molecule is Cc1ccc(NCc2cnc(C)cn2)c(C#N)c1. The molecule has 4 heteroatoms. The number of benzene rings is 1. The molecule has 0 aliphatic carbocycles. The van der Waals surface area contributed by atoms with E-state index in [4.69, 9.17) is 5.26 Å². The number of hydrogen-bond acceptors (Lipinski definition) is 4. The lowest BCUT2D eigenvalue weighted by molar-refractivity contribution is 0.984. The van der Waals surface area contributed by atoms with Crippen LogP contribution in [0.4, 0.5) is 5.69 Å². The number of nitrogens with one attached hydrogen (secondary N) is 1. The van der Waals surface area contributed by atoms with Crippen LogP contribution in [0.2, 0.25) is 0 Å². The van der Waals surface area contributed by atoms with Crippen LogP contribution in [0.5, 0.6) is 0 Å². The van der Waals surface area contributed by atoms with Gasteiger partial charge in [-0.15, -0.1) is 0 Å². The maximum Gasteiger partial charge on any atom is 0.101 e. The fourth-order valence-electron chi connectivity index (χ4n) is 1.60. The van der Waals surface area contributed by atoms with Gasteiger partial charge in [0.1, 0.15) is 6.07 Å². The number of nitrogens with zero attached hydrogens (tertiary/aromatic N) is 3. The molecule has 0 fully saturated rings. The zero-order valence-corrected chi connectivity index (χ0v) is 10.4. The van der Waals surface area contributed by atoms with Crippen molar-refractivity contribution >= 4 is 5.69 Å². The van der Waals surface area contributed by atoms with Crippen molar-refractivity contribution in [1.29, 1.82) is 5.26 Å². The fourth-order valence-corrected chi connectivity index (χ4v) is 1.60. The summed E-state index contributed by atoms with van der Waals surface area (Å²) in [6.07, 6.45) is 3.47. The summed E-state index contributed by atoms with van der Waals surface area (Å²) in [6, 6.07) is 7.94. The maximum absolute atomic E-state index is 9.06. The van der Waals surface area contributed by atoms with E-state index in [0.29, 0.717) is 12.1 Å². The molecule has 0 saturated heterocycles. The van der Waals surface area contributed by atoms with Crippen LogP contribution in [0.25, 0.3) is 0 Å². The molecule has 0 aliphatic rings. The molecule has 18 heavy (non-hydrogen) atoms. The topological polar surface area (TPSA) is 61.6 Å². The van der Waals surface area contributed by atoms with Crippen LogP contribution in [-0.2, 0) is 6.54 Å². The lowest BCUT2D eigenvalue weighted by Gasteiger charge is -2.08. The highest BCUT2D eigenvalue weighted by atomic mass is 14.9. The molecule has 0 unspecified atom stereocenters. The third-order valence-corrected chi connectivity index (χ3v) is 2.59. The first-order valence-electron chi connectivity index (χ1n) is 5.71. The van der Waals surface area contributed by atoms with Gasteiger partial charge in [0, 0.05) is 6.20 Å². The summed E-state index contributed by atoms with van der Waals surface area (Å²) in [7, 11) is 0. The number of rotatable bonds is 3. The fraction of sp³-hybridized carbons (Fsp3) is 0.214. The predicted octanol–water partition coefficient (Wildman–Crippen LogP) is 2.58. The lowest BCUT2D eigenvalue weighted by atomic mass is 10.1. The van der Waals surface area contributed by atoms with Gasteiger partial charge in [-0.1, -0.05) is 6.07 Å². The summed E-state index contributed by atoms with van der Waals surface area (Å²) >= 11 is 0. The maximum atomic E-state index is 9.06. The number of anilines is 1. The molecule has 0 aliphatic heterocycles. The van der Waals surface area contributed by atoms with Gasteiger partial charge in [-0.05, 0) is 31.5 Å². The first-order valence-corrected chi connectivity index (χ1v) is 5.71. The van der Waals surface area contributed by atoms with Crippen molar-refractivity contribution in [2.24, 2.45) is 0 Å². The Labute approximate surface area is 106 Å². The van der Waals surface area contributed by atoms with Gasteiger partial charge >= 0.3 is 0 Å². The summed E-state index contributed by atoms with van der Waals surface area (Å²) in [5.41, 5.74) is 4.30. The van der Waals surface area contributed by atoms with Crippen LogP contribution >= 0.6 is 0 Å². The highest BCUT2D eigenvalue weighted by Gasteiger charge is 2.02. The van der Waals surface area contributed by atoms with E-state index in [-0.39, 0.29) is 0 Å². The van der Waals surface area contributed by atoms with Crippen LogP contribution in [0, 0.1) is 25.2 Å². The van der Waals surface area contributed by atoms with Crippen LogP contribution in [0.1, 0.15) is 22.5 Å². The molecule has 0 radical (unpaired) electrons. The van der Waals surface area contributed by atoms with E-state index in [9.17, 15) is 0 Å². The molecule has 1 N–H and O–H groups in total. The smallest absolute Gasteiger partial charge is 0.101 e. The van der Waals surface area contributed by atoms with E-state index in [1.54, 1.807) is 12.4 Å². The molecule has 90 valence electrons. The van der Waals surface area contributed by atoms with Gasteiger partial charge in [0.05, 0.1) is 35.4 Å². The van der Waals surface area contributed by atoms with E-state index in [0.717, 1.165) is 22.6 Å². The normalized spacial score (nSPS) is 9.83. The standard InChI is InChI=1S/C14H14N4/c1-10-3-4-14(12(5-10)6-15)18-9-13-8-16-11(2)7-17-13/h3-5,7-8,18H,9H2,1-2H3. The van der Waals surface area contributed by atoms with E-state index in [2.05, 4.69) is 21.4 Å². The van der Waals surface area contributed by atoms with Crippen LogP contribution in [0.3, 0.4) is 0 Å². The van der Waals surface area contributed by atoms with Crippen molar-refractivity contribution in [3.05, 3.63) is 53.1 Å².